The van der Waals surface area contributed by atoms with E-state index in [4.69, 9.17) is 9.05 Å². The first-order valence-corrected chi connectivity index (χ1v) is 8.19. The molecule has 1 aromatic rings. The Bertz CT molecular complexity index is 473. The van der Waals surface area contributed by atoms with Crippen molar-refractivity contribution in [2.45, 2.75) is 34.6 Å². The summed E-state index contributed by atoms with van der Waals surface area (Å²) in [5.74, 6) is 1.56. The second kappa shape index (κ2) is 7.04. The van der Waals surface area contributed by atoms with Crippen LogP contribution in [0, 0.1) is 20.8 Å². The standard InChI is InChI=1S/C15H23O3P/c1-6-17-19(16,18-7-2)9-8-15-13(4)10-12(3)11-14(15)5/h8-11H,6-7H2,1-5H3/b9-8+. The number of rotatable bonds is 6. The summed E-state index contributed by atoms with van der Waals surface area (Å²) < 4.78 is 22.8. The highest BCUT2D eigenvalue weighted by Crippen LogP contribution is 2.50. The molecule has 0 atom stereocenters. The molecule has 0 saturated heterocycles. The molecule has 1 rings (SSSR count). The van der Waals surface area contributed by atoms with E-state index >= 15 is 0 Å². The summed E-state index contributed by atoms with van der Waals surface area (Å²) >= 11 is 0. The summed E-state index contributed by atoms with van der Waals surface area (Å²) in [4.78, 5) is 0. The van der Waals surface area contributed by atoms with Gasteiger partial charge in [-0.3, -0.25) is 4.57 Å². The van der Waals surface area contributed by atoms with Crippen LogP contribution in [0.4, 0.5) is 0 Å². The van der Waals surface area contributed by atoms with Gasteiger partial charge in [-0.15, -0.1) is 0 Å². The van der Waals surface area contributed by atoms with Crippen molar-refractivity contribution in [1.29, 1.82) is 0 Å². The first-order chi connectivity index (χ1) is 8.91. The molecular weight excluding hydrogens is 259 g/mol. The van der Waals surface area contributed by atoms with Crippen molar-refractivity contribution < 1.29 is 13.6 Å². The molecule has 0 radical (unpaired) electrons. The normalized spacial score (nSPS) is 12.3. The van der Waals surface area contributed by atoms with E-state index in [2.05, 4.69) is 19.1 Å². The third-order valence-corrected chi connectivity index (χ3v) is 4.53. The topological polar surface area (TPSA) is 35.5 Å². The molecule has 1 aromatic carbocycles. The Morgan fingerprint density at radius 3 is 1.95 bits per heavy atom. The van der Waals surface area contributed by atoms with Crippen LogP contribution in [-0.4, -0.2) is 13.2 Å². The lowest BCUT2D eigenvalue weighted by Gasteiger charge is -2.13. The average molecular weight is 282 g/mol. The van der Waals surface area contributed by atoms with Crippen molar-refractivity contribution in [3.63, 3.8) is 0 Å². The molecule has 0 aliphatic rings. The van der Waals surface area contributed by atoms with E-state index in [1.54, 1.807) is 5.82 Å². The minimum absolute atomic E-state index is 0.369. The highest BCUT2D eigenvalue weighted by Gasteiger charge is 2.19. The van der Waals surface area contributed by atoms with Gasteiger partial charge in [0.25, 0.3) is 0 Å². The minimum Gasteiger partial charge on any atom is -0.306 e. The molecule has 106 valence electrons. The largest absolute Gasteiger partial charge is 0.354 e. The summed E-state index contributed by atoms with van der Waals surface area (Å²) in [7, 11) is -3.12. The van der Waals surface area contributed by atoms with Gasteiger partial charge in [0.2, 0.25) is 0 Å². The first kappa shape index (κ1) is 16.2. The Balaban J connectivity index is 3.06. The Hall–Kier alpha value is -0.890. The van der Waals surface area contributed by atoms with E-state index in [0.29, 0.717) is 13.2 Å². The monoisotopic (exact) mass is 282 g/mol. The van der Waals surface area contributed by atoms with Crippen LogP contribution in [0.1, 0.15) is 36.1 Å². The maximum absolute atomic E-state index is 12.3. The van der Waals surface area contributed by atoms with Crippen LogP contribution >= 0.6 is 7.60 Å². The molecule has 0 saturated carbocycles. The predicted molar refractivity (Wildman–Crippen MR) is 80.5 cm³/mol. The Labute approximate surface area is 116 Å². The lowest BCUT2D eigenvalue weighted by molar-refractivity contribution is 0.229. The van der Waals surface area contributed by atoms with Crippen LogP contribution in [-0.2, 0) is 13.6 Å². The molecule has 0 aliphatic carbocycles. The number of benzene rings is 1. The molecule has 0 spiro atoms. The molecule has 0 aromatic heterocycles. The molecular formula is C15H23O3P. The van der Waals surface area contributed by atoms with Gasteiger partial charge in [0, 0.05) is 5.82 Å². The van der Waals surface area contributed by atoms with Gasteiger partial charge < -0.3 is 9.05 Å². The van der Waals surface area contributed by atoms with E-state index in [9.17, 15) is 4.57 Å². The summed E-state index contributed by atoms with van der Waals surface area (Å²) in [6.45, 7) is 10.5. The van der Waals surface area contributed by atoms with Crippen LogP contribution < -0.4 is 0 Å². The van der Waals surface area contributed by atoms with E-state index < -0.39 is 7.60 Å². The van der Waals surface area contributed by atoms with E-state index in [1.165, 1.54) is 5.56 Å². The molecule has 4 heteroatoms. The summed E-state index contributed by atoms with van der Waals surface area (Å²) in [5, 5.41) is 0. The molecule has 0 bridgehead atoms. The number of hydrogen-bond acceptors (Lipinski definition) is 3. The van der Waals surface area contributed by atoms with E-state index in [0.717, 1.165) is 16.7 Å². The van der Waals surface area contributed by atoms with Crippen LogP contribution in [0.5, 0.6) is 0 Å². The number of aryl methyl sites for hydroxylation is 3. The Morgan fingerprint density at radius 2 is 1.53 bits per heavy atom. The lowest BCUT2D eigenvalue weighted by atomic mass is 10.0. The van der Waals surface area contributed by atoms with Gasteiger partial charge >= 0.3 is 7.60 Å². The zero-order valence-electron chi connectivity index (χ0n) is 12.4. The van der Waals surface area contributed by atoms with Crippen LogP contribution in [0.25, 0.3) is 6.08 Å². The van der Waals surface area contributed by atoms with Crippen LogP contribution in [0.3, 0.4) is 0 Å². The first-order valence-electron chi connectivity index (χ1n) is 6.57. The maximum Gasteiger partial charge on any atom is 0.354 e. The van der Waals surface area contributed by atoms with E-state index in [-0.39, 0.29) is 0 Å². The second-order valence-electron chi connectivity index (χ2n) is 4.50. The second-order valence-corrected chi connectivity index (χ2v) is 6.40. The van der Waals surface area contributed by atoms with Gasteiger partial charge in [-0.05, 0) is 57.4 Å². The van der Waals surface area contributed by atoms with Gasteiger partial charge in [0.1, 0.15) is 0 Å². The Morgan fingerprint density at radius 1 is 1.05 bits per heavy atom. The number of hydrogen-bond donors (Lipinski definition) is 0. The molecule has 0 N–H and O–H groups in total. The molecule has 19 heavy (non-hydrogen) atoms. The van der Waals surface area contributed by atoms with Crippen molar-refractivity contribution in [3.05, 3.63) is 40.2 Å². The van der Waals surface area contributed by atoms with Gasteiger partial charge in [-0.1, -0.05) is 17.7 Å². The molecule has 0 unspecified atom stereocenters. The van der Waals surface area contributed by atoms with Gasteiger partial charge in [0.05, 0.1) is 13.2 Å². The molecule has 0 aliphatic heterocycles. The fourth-order valence-electron chi connectivity index (χ4n) is 2.10. The highest BCUT2D eigenvalue weighted by molar-refractivity contribution is 7.57. The van der Waals surface area contributed by atoms with Crippen molar-refractivity contribution in [2.75, 3.05) is 13.2 Å². The average Bonchev–Trinajstić information content (AvgIpc) is 2.27. The van der Waals surface area contributed by atoms with Crippen molar-refractivity contribution >= 4 is 13.7 Å². The van der Waals surface area contributed by atoms with Crippen molar-refractivity contribution in [2.24, 2.45) is 0 Å². The Kier molecular flexibility index (Phi) is 5.99. The summed E-state index contributed by atoms with van der Waals surface area (Å²) in [6.07, 6.45) is 1.84. The summed E-state index contributed by atoms with van der Waals surface area (Å²) in [5.41, 5.74) is 4.62. The zero-order chi connectivity index (χ0) is 14.5. The SMILES string of the molecule is CCOP(=O)(/C=C/c1c(C)cc(C)cc1C)OCC. The lowest BCUT2D eigenvalue weighted by Crippen LogP contribution is -1.93. The fraction of sp³-hybridized carbons (Fsp3) is 0.467. The van der Waals surface area contributed by atoms with E-state index in [1.807, 2.05) is 33.8 Å². The highest BCUT2D eigenvalue weighted by atomic mass is 31.2. The quantitative estimate of drug-likeness (QED) is 0.700. The van der Waals surface area contributed by atoms with Crippen molar-refractivity contribution in [1.82, 2.24) is 0 Å². The van der Waals surface area contributed by atoms with Gasteiger partial charge in [-0.25, -0.2) is 0 Å². The molecule has 3 nitrogen and oxygen atoms in total. The fourth-order valence-corrected chi connectivity index (χ4v) is 3.40. The minimum atomic E-state index is -3.12. The van der Waals surface area contributed by atoms with Crippen LogP contribution in [0.15, 0.2) is 17.9 Å². The third-order valence-electron chi connectivity index (χ3n) is 2.78. The van der Waals surface area contributed by atoms with Gasteiger partial charge in [-0.2, -0.15) is 0 Å². The van der Waals surface area contributed by atoms with Crippen LogP contribution in [0.2, 0.25) is 0 Å². The predicted octanol–water partition coefficient (Wildman–Crippen LogP) is 4.85. The third kappa shape index (κ3) is 4.61. The molecule has 0 amide bonds. The maximum atomic E-state index is 12.3. The summed E-state index contributed by atoms with van der Waals surface area (Å²) in [6, 6.07) is 4.22. The smallest absolute Gasteiger partial charge is 0.306 e. The zero-order valence-corrected chi connectivity index (χ0v) is 13.3. The van der Waals surface area contributed by atoms with Gasteiger partial charge in [0.15, 0.2) is 0 Å². The molecule has 0 heterocycles. The van der Waals surface area contributed by atoms with Crippen molar-refractivity contribution in [3.8, 4) is 0 Å². The molecule has 0 fully saturated rings.